The lowest BCUT2D eigenvalue weighted by molar-refractivity contribution is 0.571. The molecule has 1 aromatic heterocycles. The van der Waals surface area contributed by atoms with Crippen molar-refractivity contribution in [3.63, 3.8) is 0 Å². The van der Waals surface area contributed by atoms with Crippen LogP contribution in [-0.4, -0.2) is 18.4 Å². The van der Waals surface area contributed by atoms with E-state index in [0.29, 0.717) is 40.9 Å². The van der Waals surface area contributed by atoms with Gasteiger partial charge in [-0.25, -0.2) is 27.3 Å². The molecule has 0 atom stereocenters. The summed E-state index contributed by atoms with van der Waals surface area (Å²) < 4.78 is 50.6. The van der Waals surface area contributed by atoms with Crippen molar-refractivity contribution in [3.05, 3.63) is 83.7 Å². The topological polar surface area (TPSA) is 88.8 Å². The first-order valence-corrected chi connectivity index (χ1v) is 10.4. The Kier molecular flexibility index (Phi) is 4.89. The molecule has 0 saturated heterocycles. The van der Waals surface area contributed by atoms with Crippen LogP contribution in [0.5, 0.6) is 0 Å². The van der Waals surface area contributed by atoms with Crippen LogP contribution >= 0.6 is 0 Å². The minimum atomic E-state index is -3.86. The number of halogens is 2. The number of nitrogens with zero attached hydrogens (tertiary/aromatic N) is 1. The van der Waals surface area contributed by atoms with Crippen molar-refractivity contribution >= 4 is 21.1 Å². The Bertz CT molecular complexity index is 1320. The number of hydrogen-bond acceptors (Lipinski definition) is 3. The van der Waals surface area contributed by atoms with E-state index in [-0.39, 0.29) is 4.90 Å². The lowest BCUT2D eigenvalue weighted by Gasteiger charge is -2.07. The molecule has 5 nitrogen and oxygen atoms in total. The molecule has 8 heteroatoms. The molecule has 148 valence electrons. The van der Waals surface area contributed by atoms with E-state index in [1.54, 1.807) is 36.4 Å². The molecule has 0 saturated carbocycles. The van der Waals surface area contributed by atoms with Gasteiger partial charge < -0.3 is 4.98 Å². The highest BCUT2D eigenvalue weighted by Gasteiger charge is 2.15. The van der Waals surface area contributed by atoms with Crippen LogP contribution in [-0.2, 0) is 22.9 Å². The predicted molar refractivity (Wildman–Crippen MR) is 107 cm³/mol. The van der Waals surface area contributed by atoms with E-state index in [4.69, 9.17) is 5.14 Å². The van der Waals surface area contributed by atoms with Gasteiger partial charge in [0, 0.05) is 18.1 Å². The number of hydrogen-bond donors (Lipinski definition) is 2. The number of primary sulfonamides is 1. The number of imidazole rings is 1. The van der Waals surface area contributed by atoms with E-state index < -0.39 is 21.7 Å². The fourth-order valence-corrected chi connectivity index (χ4v) is 4.04. The molecule has 0 unspecified atom stereocenters. The number of rotatable bonds is 5. The molecular formula is C21H17F2N3O2S. The molecule has 0 amide bonds. The molecule has 0 radical (unpaired) electrons. The molecule has 29 heavy (non-hydrogen) atoms. The first-order valence-electron chi connectivity index (χ1n) is 8.86. The quantitative estimate of drug-likeness (QED) is 0.519. The Morgan fingerprint density at radius 2 is 1.76 bits per heavy atom. The highest BCUT2D eigenvalue weighted by molar-refractivity contribution is 7.89. The number of nitrogens with one attached hydrogen (secondary N) is 1. The second-order valence-electron chi connectivity index (χ2n) is 6.69. The summed E-state index contributed by atoms with van der Waals surface area (Å²) in [7, 11) is -3.86. The summed E-state index contributed by atoms with van der Waals surface area (Å²) in [5, 5.41) is 5.33. The van der Waals surface area contributed by atoms with Gasteiger partial charge in [-0.2, -0.15) is 0 Å². The number of aryl methyl sites for hydroxylation is 2. The van der Waals surface area contributed by atoms with E-state index in [9.17, 15) is 17.2 Å². The second kappa shape index (κ2) is 7.38. The van der Waals surface area contributed by atoms with Crippen LogP contribution in [0.1, 0.15) is 11.4 Å². The summed E-state index contributed by atoms with van der Waals surface area (Å²) in [5.41, 5.74) is 3.02. The molecule has 0 fully saturated rings. The fraction of sp³-hybridized carbons (Fsp3) is 0.0952. The second-order valence-corrected chi connectivity index (χ2v) is 8.22. The first kappa shape index (κ1) is 19.2. The van der Waals surface area contributed by atoms with Crippen LogP contribution in [0.3, 0.4) is 0 Å². The Hall–Kier alpha value is -3.10. The summed E-state index contributed by atoms with van der Waals surface area (Å²) in [5.74, 6) is -0.536. The third-order valence-corrected chi connectivity index (χ3v) is 5.65. The number of fused-ring (bicyclic) bond motifs is 1. The van der Waals surface area contributed by atoms with E-state index >= 15 is 0 Å². The van der Waals surface area contributed by atoms with Gasteiger partial charge in [-0.15, -0.1) is 0 Å². The predicted octanol–water partition coefficient (Wildman–Crippen LogP) is 3.94. The lowest BCUT2D eigenvalue weighted by atomic mass is 10.1. The van der Waals surface area contributed by atoms with Crippen molar-refractivity contribution < 1.29 is 17.2 Å². The molecule has 0 aliphatic rings. The molecular weight excluding hydrogens is 396 g/mol. The van der Waals surface area contributed by atoms with E-state index in [2.05, 4.69) is 9.97 Å². The van der Waals surface area contributed by atoms with Crippen LogP contribution in [0.15, 0.2) is 65.6 Å². The minimum absolute atomic E-state index is 0.0471. The van der Waals surface area contributed by atoms with Crippen LogP contribution in [0.25, 0.3) is 22.2 Å². The van der Waals surface area contributed by atoms with Crippen LogP contribution < -0.4 is 5.14 Å². The van der Waals surface area contributed by atoms with Gasteiger partial charge in [0.25, 0.3) is 0 Å². The van der Waals surface area contributed by atoms with Crippen molar-refractivity contribution in [1.82, 2.24) is 9.97 Å². The number of benzene rings is 3. The third-order valence-electron chi connectivity index (χ3n) is 4.68. The van der Waals surface area contributed by atoms with E-state index in [1.165, 1.54) is 18.2 Å². The summed E-state index contributed by atoms with van der Waals surface area (Å²) in [6, 6.07) is 15.4. The zero-order chi connectivity index (χ0) is 20.6. The minimum Gasteiger partial charge on any atom is -0.342 e. The fourth-order valence-electron chi connectivity index (χ4n) is 3.28. The highest BCUT2D eigenvalue weighted by atomic mass is 32.2. The summed E-state index contributed by atoms with van der Waals surface area (Å²) in [4.78, 5) is 7.71. The lowest BCUT2D eigenvalue weighted by Crippen LogP contribution is -2.13. The van der Waals surface area contributed by atoms with E-state index in [1.807, 2.05) is 0 Å². The van der Waals surface area contributed by atoms with Crippen molar-refractivity contribution in [3.8, 4) is 11.1 Å². The molecule has 1 heterocycles. The van der Waals surface area contributed by atoms with Crippen LogP contribution in [0.4, 0.5) is 8.78 Å². The van der Waals surface area contributed by atoms with Gasteiger partial charge in [0.2, 0.25) is 10.0 Å². The monoisotopic (exact) mass is 413 g/mol. The van der Waals surface area contributed by atoms with Crippen molar-refractivity contribution in [2.45, 2.75) is 17.7 Å². The summed E-state index contributed by atoms with van der Waals surface area (Å²) >= 11 is 0. The molecule has 0 spiro atoms. The summed E-state index contributed by atoms with van der Waals surface area (Å²) in [6.07, 6.45) is 0.813. The molecule has 0 aliphatic carbocycles. The first-order chi connectivity index (χ1) is 13.8. The Morgan fingerprint density at radius 3 is 2.52 bits per heavy atom. The molecule has 4 aromatic rings. The van der Waals surface area contributed by atoms with Gasteiger partial charge in [0.1, 0.15) is 17.5 Å². The van der Waals surface area contributed by atoms with Crippen LogP contribution in [0.2, 0.25) is 0 Å². The number of aromatic amines is 1. The smallest absolute Gasteiger partial charge is 0.238 e. The van der Waals surface area contributed by atoms with Gasteiger partial charge in [-0.3, -0.25) is 0 Å². The maximum absolute atomic E-state index is 13.8. The third kappa shape index (κ3) is 4.03. The maximum Gasteiger partial charge on any atom is 0.238 e. The molecule has 3 N–H and O–H groups in total. The Labute approximate surface area is 166 Å². The molecule has 4 rings (SSSR count). The van der Waals surface area contributed by atoms with E-state index in [0.717, 1.165) is 11.6 Å². The van der Waals surface area contributed by atoms with Gasteiger partial charge in [-0.05, 0) is 41.8 Å². The standard InChI is InChI=1S/C21H17F2N3O2S/c22-15-8-5-13(17(23)12-15)7-10-21-25-18-9-6-14(11-19(18)26-21)16-3-1-2-4-20(16)29(24,27)28/h1-6,8-9,11-12H,7,10H2,(H,25,26)(H2,24,27,28). The largest absolute Gasteiger partial charge is 0.342 e. The Balaban J connectivity index is 1.64. The number of nitrogens with two attached hydrogens (primary N) is 1. The number of H-pyrrole nitrogens is 1. The zero-order valence-electron chi connectivity index (χ0n) is 15.2. The molecule has 0 aliphatic heterocycles. The number of sulfonamides is 1. The average molecular weight is 413 g/mol. The van der Waals surface area contributed by atoms with Gasteiger partial charge in [0.15, 0.2) is 0 Å². The maximum atomic E-state index is 13.8. The zero-order valence-corrected chi connectivity index (χ0v) is 16.0. The normalized spacial score (nSPS) is 11.8. The molecule has 3 aromatic carbocycles. The van der Waals surface area contributed by atoms with Gasteiger partial charge in [-0.1, -0.05) is 30.3 Å². The SMILES string of the molecule is NS(=O)(=O)c1ccccc1-c1ccc2nc(CCc3ccc(F)cc3F)[nH]c2c1. The van der Waals surface area contributed by atoms with Gasteiger partial charge >= 0.3 is 0 Å². The Morgan fingerprint density at radius 1 is 0.966 bits per heavy atom. The molecule has 0 bridgehead atoms. The van der Waals surface area contributed by atoms with Crippen LogP contribution in [0, 0.1) is 11.6 Å². The highest BCUT2D eigenvalue weighted by Crippen LogP contribution is 2.29. The van der Waals surface area contributed by atoms with Crippen molar-refractivity contribution in [2.75, 3.05) is 0 Å². The average Bonchev–Trinajstić information content (AvgIpc) is 3.08. The van der Waals surface area contributed by atoms with Gasteiger partial charge in [0.05, 0.1) is 15.9 Å². The summed E-state index contributed by atoms with van der Waals surface area (Å²) in [6.45, 7) is 0. The number of aromatic nitrogens is 2. The van der Waals surface area contributed by atoms with Crippen molar-refractivity contribution in [1.29, 1.82) is 0 Å². The van der Waals surface area contributed by atoms with Crippen molar-refractivity contribution in [2.24, 2.45) is 5.14 Å².